The van der Waals surface area contributed by atoms with Crippen LogP contribution in [0.15, 0.2) is 12.7 Å². The maximum Gasteiger partial charge on any atom is 0.190 e. The largest absolute Gasteiger partial charge is 0.421 e. The minimum atomic E-state index is -0.425. The van der Waals surface area contributed by atoms with E-state index in [1.807, 2.05) is 6.08 Å². The molecule has 1 heterocycles. The van der Waals surface area contributed by atoms with Crippen molar-refractivity contribution in [2.24, 2.45) is 0 Å². The molecular weight excluding hydrogens is 168 g/mol. The first-order valence-corrected chi connectivity index (χ1v) is 6.13. The minimum Gasteiger partial charge on any atom is -0.421 e. The van der Waals surface area contributed by atoms with Crippen molar-refractivity contribution in [3.8, 4) is 0 Å². The van der Waals surface area contributed by atoms with Gasteiger partial charge in [-0.1, -0.05) is 6.08 Å². The molecule has 70 valence electrons. The van der Waals surface area contributed by atoms with Crippen molar-refractivity contribution in [2.75, 3.05) is 13.2 Å². The van der Waals surface area contributed by atoms with E-state index < -0.39 is 9.76 Å². The van der Waals surface area contributed by atoms with Crippen LogP contribution in [0.3, 0.4) is 0 Å². The molecule has 1 fully saturated rings. The average Bonchev–Trinajstić information content (AvgIpc) is 2.14. The van der Waals surface area contributed by atoms with Gasteiger partial charge in [-0.15, -0.1) is 6.58 Å². The summed E-state index contributed by atoms with van der Waals surface area (Å²) in [6.45, 7) is 5.44. The lowest BCUT2D eigenvalue weighted by atomic mass is 10.2. The van der Waals surface area contributed by atoms with Crippen molar-refractivity contribution in [3.05, 3.63) is 12.7 Å². The second kappa shape index (κ2) is 6.40. The summed E-state index contributed by atoms with van der Waals surface area (Å²) < 4.78 is 11.1. The van der Waals surface area contributed by atoms with Crippen molar-refractivity contribution in [3.63, 3.8) is 0 Å². The normalized spacial score (nSPS) is 24.8. The number of rotatable bonds is 5. The third kappa shape index (κ3) is 4.04. The second-order valence-electron chi connectivity index (χ2n) is 3.14. The van der Waals surface area contributed by atoms with Crippen molar-refractivity contribution in [1.29, 1.82) is 0 Å². The van der Waals surface area contributed by atoms with Gasteiger partial charge in [0, 0.05) is 13.2 Å². The summed E-state index contributed by atoms with van der Waals surface area (Å²) >= 11 is 0. The fraction of sp³-hybridized carbons (Fsp3) is 0.778. The molecule has 1 aliphatic heterocycles. The van der Waals surface area contributed by atoms with E-state index in [2.05, 4.69) is 6.58 Å². The molecular formula is C9H18O2Si. The molecule has 1 unspecified atom stereocenters. The first-order chi connectivity index (χ1) is 5.93. The zero-order valence-corrected chi connectivity index (χ0v) is 9.04. The molecule has 0 aromatic rings. The van der Waals surface area contributed by atoms with Gasteiger partial charge in [0.15, 0.2) is 9.76 Å². The van der Waals surface area contributed by atoms with Crippen LogP contribution in [0.4, 0.5) is 0 Å². The summed E-state index contributed by atoms with van der Waals surface area (Å²) in [7, 11) is -0.425. The molecule has 0 spiro atoms. The summed E-state index contributed by atoms with van der Waals surface area (Å²) in [5.74, 6) is 0. The first kappa shape index (κ1) is 9.96. The molecule has 12 heavy (non-hydrogen) atoms. The van der Waals surface area contributed by atoms with Crippen LogP contribution in [0.25, 0.3) is 0 Å². The van der Waals surface area contributed by atoms with Gasteiger partial charge >= 0.3 is 0 Å². The highest BCUT2D eigenvalue weighted by Crippen LogP contribution is 2.11. The van der Waals surface area contributed by atoms with Gasteiger partial charge in [-0.3, -0.25) is 0 Å². The molecule has 0 saturated carbocycles. The Labute approximate surface area is 76.9 Å². The van der Waals surface area contributed by atoms with Gasteiger partial charge < -0.3 is 9.16 Å². The zero-order valence-electron chi connectivity index (χ0n) is 7.63. The Bertz CT molecular complexity index is 122. The molecule has 0 bridgehead atoms. The highest BCUT2D eigenvalue weighted by Gasteiger charge is 2.13. The highest BCUT2D eigenvalue weighted by atomic mass is 28.2. The van der Waals surface area contributed by atoms with E-state index in [0.717, 1.165) is 19.6 Å². The molecule has 0 aromatic carbocycles. The lowest BCUT2D eigenvalue weighted by molar-refractivity contribution is 0.0552. The molecule has 0 N–H and O–H groups in total. The fourth-order valence-corrected chi connectivity index (χ4v) is 2.63. The Kier molecular flexibility index (Phi) is 5.31. The van der Waals surface area contributed by atoms with Gasteiger partial charge in [0.1, 0.15) is 0 Å². The molecule has 0 aliphatic carbocycles. The lowest BCUT2D eigenvalue weighted by Crippen LogP contribution is -2.27. The zero-order chi connectivity index (χ0) is 8.65. The van der Waals surface area contributed by atoms with E-state index in [4.69, 9.17) is 9.16 Å². The number of hydrogen-bond acceptors (Lipinski definition) is 2. The van der Waals surface area contributed by atoms with Crippen LogP contribution < -0.4 is 0 Å². The highest BCUT2D eigenvalue weighted by molar-refractivity contribution is 6.29. The van der Waals surface area contributed by atoms with Crippen LogP contribution in [0, 0.1) is 0 Å². The minimum absolute atomic E-state index is 0.425. The van der Waals surface area contributed by atoms with Gasteiger partial charge in [-0.25, -0.2) is 0 Å². The van der Waals surface area contributed by atoms with E-state index in [1.54, 1.807) is 0 Å². The molecule has 2 nitrogen and oxygen atoms in total. The lowest BCUT2D eigenvalue weighted by Gasteiger charge is -2.21. The Morgan fingerprint density at radius 3 is 3.17 bits per heavy atom. The molecule has 1 saturated heterocycles. The average molecular weight is 186 g/mol. The number of hydrogen-bond donors (Lipinski definition) is 0. The predicted molar refractivity (Wildman–Crippen MR) is 52.9 cm³/mol. The van der Waals surface area contributed by atoms with Gasteiger partial charge in [0.2, 0.25) is 0 Å². The Balaban J connectivity index is 1.94. The summed E-state index contributed by atoms with van der Waals surface area (Å²) in [6, 6.07) is 0. The van der Waals surface area contributed by atoms with Gasteiger partial charge in [-0.2, -0.15) is 0 Å². The topological polar surface area (TPSA) is 18.5 Å². The van der Waals surface area contributed by atoms with Crippen LogP contribution >= 0.6 is 0 Å². The molecule has 3 heteroatoms. The second-order valence-corrected chi connectivity index (χ2v) is 4.79. The Hall–Kier alpha value is -0.123. The van der Waals surface area contributed by atoms with Crippen LogP contribution in [-0.2, 0) is 9.16 Å². The van der Waals surface area contributed by atoms with Crippen molar-refractivity contribution in [1.82, 2.24) is 0 Å². The molecule has 1 rings (SSSR count). The summed E-state index contributed by atoms with van der Waals surface area (Å²) in [5, 5.41) is 0. The van der Waals surface area contributed by atoms with E-state index >= 15 is 0 Å². The molecule has 0 aromatic heterocycles. The summed E-state index contributed by atoms with van der Waals surface area (Å²) in [5.41, 5.74) is 0.489. The third-order valence-electron chi connectivity index (χ3n) is 2.04. The maximum absolute atomic E-state index is 5.57. The van der Waals surface area contributed by atoms with Crippen LogP contribution in [-0.4, -0.2) is 28.7 Å². The van der Waals surface area contributed by atoms with Crippen LogP contribution in [0.5, 0.6) is 0 Å². The smallest absolute Gasteiger partial charge is 0.190 e. The fourth-order valence-electron chi connectivity index (χ4n) is 1.32. The monoisotopic (exact) mass is 186 g/mol. The van der Waals surface area contributed by atoms with Crippen molar-refractivity contribution < 1.29 is 9.16 Å². The quantitative estimate of drug-likeness (QED) is 0.365. The Morgan fingerprint density at radius 1 is 1.58 bits per heavy atom. The Morgan fingerprint density at radius 2 is 2.50 bits per heavy atom. The first-order valence-electron chi connectivity index (χ1n) is 4.73. The maximum atomic E-state index is 5.57. The van der Waals surface area contributed by atoms with Gasteiger partial charge in [-0.05, 0) is 25.7 Å². The van der Waals surface area contributed by atoms with Crippen molar-refractivity contribution in [2.45, 2.75) is 31.4 Å². The van der Waals surface area contributed by atoms with E-state index in [-0.39, 0.29) is 0 Å². The summed E-state index contributed by atoms with van der Waals surface area (Å²) in [6.07, 6.45) is 6.65. The molecule has 0 radical (unpaired) electrons. The molecule has 1 atom stereocenters. The van der Waals surface area contributed by atoms with E-state index in [0.29, 0.717) is 5.73 Å². The predicted octanol–water partition coefficient (Wildman–Crippen LogP) is 1.19. The standard InChI is InChI=1S/C9H18O2Si/c1-2-3-8-11-12-9-6-4-5-7-10-9/h2,9H,1,3-8,12H2. The molecule has 0 amide bonds. The van der Waals surface area contributed by atoms with Gasteiger partial charge in [0.05, 0.1) is 5.73 Å². The molecule has 1 aliphatic rings. The van der Waals surface area contributed by atoms with Crippen molar-refractivity contribution >= 4 is 9.76 Å². The van der Waals surface area contributed by atoms with E-state index in [1.165, 1.54) is 19.3 Å². The summed E-state index contributed by atoms with van der Waals surface area (Å²) in [4.78, 5) is 0. The third-order valence-corrected chi connectivity index (χ3v) is 3.58. The van der Waals surface area contributed by atoms with Crippen LogP contribution in [0.2, 0.25) is 0 Å². The SMILES string of the molecule is C=CCCO[SiH2]C1CCCCO1. The van der Waals surface area contributed by atoms with E-state index in [9.17, 15) is 0 Å². The van der Waals surface area contributed by atoms with Crippen LogP contribution in [0.1, 0.15) is 25.7 Å². The van der Waals surface area contributed by atoms with Gasteiger partial charge in [0.25, 0.3) is 0 Å². The number of ether oxygens (including phenoxy) is 1.